The van der Waals surface area contributed by atoms with E-state index in [1.54, 1.807) is 7.11 Å². The Hall–Kier alpha value is -2.84. The van der Waals surface area contributed by atoms with E-state index in [0.29, 0.717) is 13.0 Å². The molecule has 0 aliphatic carbocycles. The fourth-order valence-corrected chi connectivity index (χ4v) is 2.84. The Balaban J connectivity index is 1.84. The molecule has 1 unspecified atom stereocenters. The molecule has 4 N–H and O–H groups in total. The first-order chi connectivity index (χ1) is 13.9. The van der Waals surface area contributed by atoms with Gasteiger partial charge in [0.2, 0.25) is 11.8 Å². The van der Waals surface area contributed by atoms with Crippen LogP contribution in [0.15, 0.2) is 54.6 Å². The standard InChI is InChI=1S/C21H27BN2O5/c1-15(20(25)23-12-11-17-9-6-10-18(13-17)29-2)21(26)24-19(22(27)28)14-16-7-4-3-5-8-16/h3-10,13,15,19,27-28H,11-12,14H2,1-2H3,(H,23,25)(H,24,26)/t15?,19-/m0/s1. The van der Waals surface area contributed by atoms with Crippen molar-refractivity contribution in [1.82, 2.24) is 10.6 Å². The lowest BCUT2D eigenvalue weighted by Gasteiger charge is -2.20. The lowest BCUT2D eigenvalue weighted by Crippen LogP contribution is -2.51. The molecule has 0 saturated heterocycles. The van der Waals surface area contributed by atoms with Crippen molar-refractivity contribution in [2.24, 2.45) is 5.92 Å². The normalized spacial score (nSPS) is 12.6. The Morgan fingerprint density at radius 1 is 1.03 bits per heavy atom. The molecule has 2 aromatic rings. The Kier molecular flexibility index (Phi) is 8.70. The summed E-state index contributed by atoms with van der Waals surface area (Å²) in [7, 11) is -0.141. The van der Waals surface area contributed by atoms with Crippen LogP contribution in [0.3, 0.4) is 0 Å². The number of hydrogen-bond acceptors (Lipinski definition) is 5. The quantitative estimate of drug-likeness (QED) is 0.349. The van der Waals surface area contributed by atoms with Crippen LogP contribution >= 0.6 is 0 Å². The third kappa shape index (κ3) is 7.25. The van der Waals surface area contributed by atoms with Gasteiger partial charge in [-0.05, 0) is 43.0 Å². The molecule has 0 radical (unpaired) electrons. The Morgan fingerprint density at radius 3 is 2.38 bits per heavy atom. The number of carbonyl (C=O) groups excluding carboxylic acids is 2. The maximum atomic E-state index is 12.4. The van der Waals surface area contributed by atoms with Crippen LogP contribution in [-0.2, 0) is 22.4 Å². The van der Waals surface area contributed by atoms with E-state index in [-0.39, 0.29) is 6.42 Å². The number of hydrogen-bond donors (Lipinski definition) is 4. The highest BCUT2D eigenvalue weighted by Gasteiger charge is 2.29. The Bertz CT molecular complexity index is 801. The van der Waals surface area contributed by atoms with Crippen LogP contribution in [0.1, 0.15) is 18.1 Å². The van der Waals surface area contributed by atoms with Crippen LogP contribution in [-0.4, -0.2) is 48.6 Å². The highest BCUT2D eigenvalue weighted by molar-refractivity contribution is 6.43. The summed E-state index contributed by atoms with van der Waals surface area (Å²) in [5.74, 6) is -2.10. The summed E-state index contributed by atoms with van der Waals surface area (Å²) in [6.45, 7) is 1.86. The van der Waals surface area contributed by atoms with Gasteiger partial charge in [-0.1, -0.05) is 42.5 Å². The van der Waals surface area contributed by atoms with Crippen molar-refractivity contribution in [3.05, 3.63) is 65.7 Å². The minimum atomic E-state index is -1.73. The van der Waals surface area contributed by atoms with Crippen molar-refractivity contribution in [3.63, 3.8) is 0 Å². The number of benzene rings is 2. The van der Waals surface area contributed by atoms with Gasteiger partial charge in [0.1, 0.15) is 11.7 Å². The van der Waals surface area contributed by atoms with Gasteiger partial charge in [0.15, 0.2) is 0 Å². The molecule has 2 atom stereocenters. The molecule has 0 fully saturated rings. The van der Waals surface area contributed by atoms with Crippen molar-refractivity contribution in [2.75, 3.05) is 13.7 Å². The van der Waals surface area contributed by atoms with Crippen LogP contribution in [0.5, 0.6) is 5.75 Å². The number of rotatable bonds is 10. The summed E-state index contributed by atoms with van der Waals surface area (Å²) >= 11 is 0. The van der Waals surface area contributed by atoms with Crippen LogP contribution in [0.4, 0.5) is 0 Å². The van der Waals surface area contributed by atoms with Gasteiger partial charge in [-0.15, -0.1) is 0 Å². The maximum absolute atomic E-state index is 12.4. The second-order valence-corrected chi connectivity index (χ2v) is 6.83. The molecule has 2 amide bonds. The number of nitrogens with one attached hydrogen (secondary N) is 2. The number of carbonyl (C=O) groups is 2. The van der Waals surface area contributed by atoms with E-state index < -0.39 is 30.8 Å². The molecule has 154 valence electrons. The fraction of sp³-hybridized carbons (Fsp3) is 0.333. The average Bonchev–Trinajstić information content (AvgIpc) is 2.73. The Morgan fingerprint density at radius 2 is 1.72 bits per heavy atom. The molecular weight excluding hydrogens is 371 g/mol. The largest absolute Gasteiger partial charge is 0.497 e. The molecule has 0 aromatic heterocycles. The smallest absolute Gasteiger partial charge is 0.475 e. The van der Waals surface area contributed by atoms with Gasteiger partial charge in [0, 0.05) is 6.54 Å². The van der Waals surface area contributed by atoms with E-state index in [4.69, 9.17) is 4.74 Å². The first-order valence-electron chi connectivity index (χ1n) is 9.51. The van der Waals surface area contributed by atoms with Gasteiger partial charge in [0.05, 0.1) is 13.1 Å². The summed E-state index contributed by atoms with van der Waals surface area (Å²) in [5, 5.41) is 24.5. The van der Waals surface area contributed by atoms with Crippen molar-refractivity contribution in [2.45, 2.75) is 25.7 Å². The molecule has 7 nitrogen and oxygen atoms in total. The molecule has 0 bridgehead atoms. The van der Waals surface area contributed by atoms with Crippen LogP contribution in [0.25, 0.3) is 0 Å². The van der Waals surface area contributed by atoms with Crippen molar-refractivity contribution >= 4 is 18.9 Å². The van der Waals surface area contributed by atoms with Crippen LogP contribution in [0, 0.1) is 5.92 Å². The first kappa shape index (κ1) is 22.5. The molecule has 8 heteroatoms. The molecule has 0 aliphatic heterocycles. The lowest BCUT2D eigenvalue weighted by atomic mass is 9.75. The molecule has 2 aromatic carbocycles. The fourth-order valence-electron chi connectivity index (χ4n) is 2.84. The van der Waals surface area contributed by atoms with E-state index in [0.717, 1.165) is 16.9 Å². The van der Waals surface area contributed by atoms with E-state index in [9.17, 15) is 19.6 Å². The van der Waals surface area contributed by atoms with Crippen molar-refractivity contribution in [3.8, 4) is 5.75 Å². The van der Waals surface area contributed by atoms with E-state index in [2.05, 4.69) is 10.6 Å². The first-order valence-corrected chi connectivity index (χ1v) is 9.51. The monoisotopic (exact) mass is 398 g/mol. The van der Waals surface area contributed by atoms with E-state index >= 15 is 0 Å². The molecule has 0 aliphatic rings. The van der Waals surface area contributed by atoms with E-state index in [1.165, 1.54) is 6.92 Å². The Labute approximate surface area is 171 Å². The van der Waals surface area contributed by atoms with Gasteiger partial charge in [0.25, 0.3) is 0 Å². The summed E-state index contributed by atoms with van der Waals surface area (Å²) in [6.07, 6.45) is 0.845. The van der Waals surface area contributed by atoms with E-state index in [1.807, 2.05) is 54.6 Å². The highest BCUT2D eigenvalue weighted by atomic mass is 16.5. The second-order valence-electron chi connectivity index (χ2n) is 6.83. The van der Waals surface area contributed by atoms with Gasteiger partial charge < -0.3 is 25.4 Å². The lowest BCUT2D eigenvalue weighted by molar-refractivity contribution is -0.134. The molecule has 0 heterocycles. The average molecular weight is 398 g/mol. The predicted octanol–water partition coefficient (Wildman–Crippen LogP) is 0.729. The van der Waals surface area contributed by atoms with Gasteiger partial charge in [-0.2, -0.15) is 0 Å². The molecule has 29 heavy (non-hydrogen) atoms. The number of amides is 2. The molecule has 0 saturated carbocycles. The minimum absolute atomic E-state index is 0.244. The van der Waals surface area contributed by atoms with Gasteiger partial charge >= 0.3 is 7.12 Å². The molecule has 0 spiro atoms. The van der Waals surface area contributed by atoms with Crippen molar-refractivity contribution in [1.29, 1.82) is 0 Å². The van der Waals surface area contributed by atoms with Crippen LogP contribution < -0.4 is 15.4 Å². The highest BCUT2D eigenvalue weighted by Crippen LogP contribution is 2.12. The zero-order chi connectivity index (χ0) is 21.2. The minimum Gasteiger partial charge on any atom is -0.497 e. The van der Waals surface area contributed by atoms with Crippen LogP contribution in [0.2, 0.25) is 0 Å². The summed E-state index contributed by atoms with van der Waals surface area (Å²) in [5.41, 5.74) is 1.86. The van der Waals surface area contributed by atoms with Gasteiger partial charge in [-0.3, -0.25) is 9.59 Å². The van der Waals surface area contributed by atoms with Gasteiger partial charge in [-0.25, -0.2) is 0 Å². The topological polar surface area (TPSA) is 108 Å². The molecule has 2 rings (SSSR count). The predicted molar refractivity (Wildman–Crippen MR) is 111 cm³/mol. The summed E-state index contributed by atoms with van der Waals surface area (Å²) in [4.78, 5) is 24.7. The third-order valence-corrected chi connectivity index (χ3v) is 4.62. The molecular formula is C21H27BN2O5. The zero-order valence-corrected chi connectivity index (χ0v) is 16.7. The van der Waals surface area contributed by atoms with Crippen molar-refractivity contribution < 1.29 is 24.4 Å². The number of ether oxygens (including phenoxy) is 1. The third-order valence-electron chi connectivity index (χ3n) is 4.62. The summed E-state index contributed by atoms with van der Waals surface area (Å²) < 4.78 is 5.17. The summed E-state index contributed by atoms with van der Waals surface area (Å²) in [6, 6.07) is 16.7. The second kappa shape index (κ2) is 11.2. The maximum Gasteiger partial charge on any atom is 0.475 e. The number of methoxy groups -OCH3 is 1. The zero-order valence-electron chi connectivity index (χ0n) is 16.7. The SMILES string of the molecule is COc1cccc(CCNC(=O)C(C)C(=O)N[C@@H](Cc2ccccc2)B(O)O)c1.